The molecule has 1 fully saturated rings. The third kappa shape index (κ3) is 2.86. The summed E-state index contributed by atoms with van der Waals surface area (Å²) in [5, 5.41) is 13.2. The van der Waals surface area contributed by atoms with Crippen molar-refractivity contribution in [2.75, 3.05) is 13.1 Å². The molecule has 0 aliphatic carbocycles. The number of nitrogens with zero attached hydrogens (tertiary/aromatic N) is 4. The van der Waals surface area contributed by atoms with Crippen molar-refractivity contribution in [2.45, 2.75) is 18.8 Å². The fraction of sp³-hybridized carbons (Fsp3) is 0.217. The first-order valence-electron chi connectivity index (χ1n) is 10.3. The summed E-state index contributed by atoms with van der Waals surface area (Å²) in [6.07, 6.45) is 9.72. The second kappa shape index (κ2) is 7.03. The molecule has 0 aromatic carbocycles. The molecular formula is C23H21N7. The van der Waals surface area contributed by atoms with Crippen LogP contribution < -0.4 is 5.32 Å². The van der Waals surface area contributed by atoms with Crippen LogP contribution in [0.4, 0.5) is 0 Å². The summed E-state index contributed by atoms with van der Waals surface area (Å²) in [7, 11) is 0. The molecule has 0 bridgehead atoms. The van der Waals surface area contributed by atoms with Gasteiger partial charge in [-0.1, -0.05) is 0 Å². The van der Waals surface area contributed by atoms with E-state index in [1.54, 1.807) is 6.20 Å². The van der Waals surface area contributed by atoms with Crippen molar-refractivity contribution in [1.82, 2.24) is 35.5 Å². The van der Waals surface area contributed by atoms with Crippen molar-refractivity contribution in [3.63, 3.8) is 0 Å². The largest absolute Gasteiger partial charge is 0.353 e. The van der Waals surface area contributed by atoms with Gasteiger partial charge in [0.2, 0.25) is 0 Å². The van der Waals surface area contributed by atoms with E-state index < -0.39 is 0 Å². The van der Waals surface area contributed by atoms with Crippen molar-refractivity contribution in [2.24, 2.45) is 0 Å². The Bertz CT molecular complexity index is 1330. The number of fused-ring (bicyclic) bond motifs is 2. The molecule has 5 aromatic rings. The normalized spacial score (nSPS) is 15.2. The van der Waals surface area contributed by atoms with Crippen molar-refractivity contribution in [1.29, 1.82) is 0 Å². The first-order valence-corrected chi connectivity index (χ1v) is 10.3. The highest BCUT2D eigenvalue weighted by molar-refractivity contribution is 5.99. The Kier molecular flexibility index (Phi) is 4.06. The Labute approximate surface area is 173 Å². The summed E-state index contributed by atoms with van der Waals surface area (Å²) in [6.45, 7) is 2.13. The van der Waals surface area contributed by atoms with E-state index in [0.717, 1.165) is 70.5 Å². The fourth-order valence-corrected chi connectivity index (χ4v) is 4.42. The standard InChI is InChI=1S/C23H21N7/c1-2-15(12-25-6-1)21-17-11-20(28-19(17)5-9-26-21)22-18-10-16(13-27-23(18)30-29-22)14-3-7-24-8-4-14/h1-2,5-6,9-14,24,28H,3-4,7-8H2,(H,27,29,30). The minimum absolute atomic E-state index is 0.551. The minimum atomic E-state index is 0.551. The number of pyridine rings is 3. The molecule has 1 saturated heterocycles. The van der Waals surface area contributed by atoms with E-state index in [0.29, 0.717) is 5.92 Å². The zero-order valence-corrected chi connectivity index (χ0v) is 16.4. The van der Waals surface area contributed by atoms with E-state index in [2.05, 4.69) is 47.6 Å². The van der Waals surface area contributed by atoms with Crippen LogP contribution >= 0.6 is 0 Å². The Hall–Kier alpha value is -3.58. The SMILES string of the molecule is c1cncc(-c2nccc3[nH]c(-c4n[nH]c5ncc(C6CCNCC6)cc45)cc23)c1. The number of aromatic nitrogens is 6. The van der Waals surface area contributed by atoms with Crippen molar-refractivity contribution in [3.05, 3.63) is 60.7 Å². The van der Waals surface area contributed by atoms with Crippen LogP contribution in [0, 0.1) is 0 Å². The van der Waals surface area contributed by atoms with Crippen LogP contribution in [0.25, 0.3) is 44.6 Å². The average Bonchev–Trinajstić information content (AvgIpc) is 3.43. The molecule has 5 aromatic heterocycles. The average molecular weight is 395 g/mol. The number of H-pyrrole nitrogens is 2. The zero-order chi connectivity index (χ0) is 19.9. The second-order valence-corrected chi connectivity index (χ2v) is 7.81. The topological polar surface area (TPSA) is 95.2 Å². The van der Waals surface area contributed by atoms with Crippen molar-refractivity contribution in [3.8, 4) is 22.6 Å². The molecule has 0 radical (unpaired) electrons. The van der Waals surface area contributed by atoms with Crippen LogP contribution in [0.5, 0.6) is 0 Å². The van der Waals surface area contributed by atoms with Gasteiger partial charge in [-0.25, -0.2) is 4.98 Å². The van der Waals surface area contributed by atoms with Gasteiger partial charge < -0.3 is 10.3 Å². The summed E-state index contributed by atoms with van der Waals surface area (Å²) < 4.78 is 0. The van der Waals surface area contributed by atoms with Gasteiger partial charge in [0.05, 0.1) is 11.4 Å². The maximum Gasteiger partial charge on any atom is 0.155 e. The number of hydrogen-bond acceptors (Lipinski definition) is 5. The summed E-state index contributed by atoms with van der Waals surface area (Å²) in [5.74, 6) is 0.551. The fourth-order valence-electron chi connectivity index (χ4n) is 4.42. The van der Waals surface area contributed by atoms with Gasteiger partial charge in [-0.3, -0.25) is 15.1 Å². The van der Waals surface area contributed by atoms with Crippen LogP contribution in [0.2, 0.25) is 0 Å². The molecule has 0 unspecified atom stereocenters. The van der Waals surface area contributed by atoms with Gasteiger partial charge in [0.25, 0.3) is 0 Å². The third-order valence-corrected chi connectivity index (χ3v) is 5.99. The summed E-state index contributed by atoms with van der Waals surface area (Å²) >= 11 is 0. The minimum Gasteiger partial charge on any atom is -0.353 e. The van der Waals surface area contributed by atoms with E-state index in [9.17, 15) is 0 Å². The highest BCUT2D eigenvalue weighted by atomic mass is 15.2. The molecule has 3 N–H and O–H groups in total. The molecule has 1 aliphatic rings. The number of rotatable bonds is 3. The van der Waals surface area contributed by atoms with E-state index >= 15 is 0 Å². The van der Waals surface area contributed by atoms with Crippen molar-refractivity contribution < 1.29 is 0 Å². The second-order valence-electron chi connectivity index (χ2n) is 7.81. The van der Waals surface area contributed by atoms with Gasteiger partial charge in [0.15, 0.2) is 5.65 Å². The third-order valence-electron chi connectivity index (χ3n) is 5.99. The number of aromatic amines is 2. The maximum atomic E-state index is 4.65. The monoisotopic (exact) mass is 395 g/mol. The lowest BCUT2D eigenvalue weighted by Gasteiger charge is -2.22. The number of nitrogens with one attached hydrogen (secondary N) is 3. The molecule has 1 aliphatic heterocycles. The zero-order valence-electron chi connectivity index (χ0n) is 16.4. The highest BCUT2D eigenvalue weighted by Gasteiger charge is 2.19. The quantitative estimate of drug-likeness (QED) is 0.429. The molecule has 6 heterocycles. The molecular weight excluding hydrogens is 374 g/mol. The van der Waals surface area contributed by atoms with Crippen LogP contribution in [-0.2, 0) is 0 Å². The van der Waals surface area contributed by atoms with Crippen LogP contribution in [0.3, 0.4) is 0 Å². The summed E-state index contributed by atoms with van der Waals surface area (Å²) in [6, 6.07) is 10.3. The Morgan fingerprint density at radius 1 is 0.900 bits per heavy atom. The molecule has 0 atom stereocenters. The lowest BCUT2D eigenvalue weighted by molar-refractivity contribution is 0.460. The van der Waals surface area contributed by atoms with Gasteiger partial charge >= 0.3 is 0 Å². The molecule has 0 saturated carbocycles. The molecule has 148 valence electrons. The summed E-state index contributed by atoms with van der Waals surface area (Å²) in [5.41, 5.74) is 6.89. The molecule has 7 nitrogen and oxygen atoms in total. The van der Waals surface area contributed by atoms with E-state index in [4.69, 9.17) is 0 Å². The molecule has 0 spiro atoms. The first kappa shape index (κ1) is 17.3. The molecule has 30 heavy (non-hydrogen) atoms. The van der Waals surface area contributed by atoms with Crippen LogP contribution in [0.15, 0.2) is 55.1 Å². The van der Waals surface area contributed by atoms with E-state index in [1.807, 2.05) is 36.8 Å². The van der Waals surface area contributed by atoms with Gasteiger partial charge in [0.1, 0.15) is 5.69 Å². The number of hydrogen-bond donors (Lipinski definition) is 3. The molecule has 0 amide bonds. The Morgan fingerprint density at radius 2 is 1.83 bits per heavy atom. The molecule has 6 rings (SSSR count). The number of piperidine rings is 1. The van der Waals surface area contributed by atoms with Gasteiger partial charge in [-0.2, -0.15) is 5.10 Å². The lowest BCUT2D eigenvalue weighted by atomic mass is 9.91. The van der Waals surface area contributed by atoms with Crippen LogP contribution in [0.1, 0.15) is 24.3 Å². The highest BCUT2D eigenvalue weighted by Crippen LogP contribution is 2.34. The maximum absolute atomic E-state index is 4.65. The predicted molar refractivity (Wildman–Crippen MR) is 117 cm³/mol. The van der Waals surface area contributed by atoms with E-state index in [1.165, 1.54) is 5.56 Å². The van der Waals surface area contributed by atoms with Gasteiger partial charge in [0, 0.05) is 46.6 Å². The van der Waals surface area contributed by atoms with Gasteiger partial charge in [-0.05, 0) is 67.7 Å². The van der Waals surface area contributed by atoms with E-state index in [-0.39, 0.29) is 0 Å². The Balaban J connectivity index is 1.47. The smallest absolute Gasteiger partial charge is 0.155 e. The van der Waals surface area contributed by atoms with Crippen LogP contribution in [-0.4, -0.2) is 43.2 Å². The lowest BCUT2D eigenvalue weighted by Crippen LogP contribution is -2.26. The van der Waals surface area contributed by atoms with Crippen molar-refractivity contribution >= 4 is 21.9 Å². The van der Waals surface area contributed by atoms with Gasteiger partial charge in [-0.15, -0.1) is 0 Å². The Morgan fingerprint density at radius 3 is 2.70 bits per heavy atom. The molecule has 7 heteroatoms. The predicted octanol–water partition coefficient (Wildman–Crippen LogP) is 4.03. The first-order chi connectivity index (χ1) is 14.9. The summed E-state index contributed by atoms with van der Waals surface area (Å²) in [4.78, 5) is 17.0.